The summed E-state index contributed by atoms with van der Waals surface area (Å²) in [7, 11) is 1.73. The number of hydrogen-bond acceptors (Lipinski definition) is 6. The second kappa shape index (κ2) is 11.5. The fraction of sp³-hybridized carbons (Fsp3) is 0.630. The quantitative estimate of drug-likeness (QED) is 0.662. The Morgan fingerprint density at radius 1 is 0.972 bits per heavy atom. The molecule has 0 radical (unpaired) electrons. The number of amides is 2. The minimum Gasteiger partial charge on any atom is -0.346 e. The minimum absolute atomic E-state index is 0.132. The van der Waals surface area contributed by atoms with Crippen molar-refractivity contribution in [1.82, 2.24) is 34.8 Å². The summed E-state index contributed by atoms with van der Waals surface area (Å²) in [6.45, 7) is 6.58. The average Bonchev–Trinajstić information content (AvgIpc) is 3.35. The van der Waals surface area contributed by atoms with Gasteiger partial charge in [-0.15, -0.1) is 0 Å². The number of nitrogens with zero attached hydrogens (tertiary/aromatic N) is 6. The summed E-state index contributed by atoms with van der Waals surface area (Å²) < 4.78 is 1.51. The van der Waals surface area contributed by atoms with E-state index in [2.05, 4.69) is 60.4 Å². The molecule has 3 aliphatic rings. The maximum atomic E-state index is 13.3. The number of carbonyl (C=O) groups is 2. The predicted octanol–water partition coefficient (Wildman–Crippen LogP) is 1.91. The number of hydrogen-bond donors (Lipinski definition) is 1. The molecule has 1 aromatic carbocycles. The van der Waals surface area contributed by atoms with Crippen molar-refractivity contribution in [2.45, 2.75) is 57.2 Å². The van der Waals surface area contributed by atoms with E-state index in [-0.39, 0.29) is 17.9 Å². The number of aryl methyl sites for hydroxylation is 1. The standard InChI is InChI=1S/C27H39N7O2/c1-31-25(28-20-29-31)26(35)30-23-9-14-33(15-10-23)24-11-16-34(17-12-24)27(36)22-8-5-13-32(19-22)18-21-6-3-2-4-7-21/h2-4,6-7,20,22-24H,5,8-19H2,1H3,(H,30,35). The maximum Gasteiger partial charge on any atom is 0.289 e. The molecule has 1 aromatic heterocycles. The van der Waals surface area contributed by atoms with Gasteiger partial charge in [-0.3, -0.25) is 14.5 Å². The lowest BCUT2D eigenvalue weighted by Gasteiger charge is -2.43. The van der Waals surface area contributed by atoms with Gasteiger partial charge in [0.2, 0.25) is 11.7 Å². The van der Waals surface area contributed by atoms with Gasteiger partial charge in [0, 0.05) is 58.4 Å². The maximum absolute atomic E-state index is 13.3. The highest BCUT2D eigenvalue weighted by atomic mass is 16.2. The third-order valence-electron chi connectivity index (χ3n) is 8.18. The van der Waals surface area contributed by atoms with E-state index in [0.717, 1.165) is 84.3 Å². The number of rotatable bonds is 6. The lowest BCUT2D eigenvalue weighted by molar-refractivity contribution is -0.139. The van der Waals surface area contributed by atoms with Crippen LogP contribution in [0.5, 0.6) is 0 Å². The lowest BCUT2D eigenvalue weighted by Crippen LogP contribution is -2.53. The molecule has 9 heteroatoms. The molecule has 1 N–H and O–H groups in total. The van der Waals surface area contributed by atoms with Gasteiger partial charge in [0.15, 0.2) is 0 Å². The smallest absolute Gasteiger partial charge is 0.289 e. The van der Waals surface area contributed by atoms with E-state index in [1.807, 2.05) is 0 Å². The Kier molecular flexibility index (Phi) is 7.96. The Morgan fingerprint density at radius 3 is 2.42 bits per heavy atom. The average molecular weight is 494 g/mol. The van der Waals surface area contributed by atoms with Gasteiger partial charge >= 0.3 is 0 Å². The van der Waals surface area contributed by atoms with E-state index in [9.17, 15) is 9.59 Å². The second-order valence-electron chi connectivity index (χ2n) is 10.6. The molecular formula is C27H39N7O2. The molecule has 36 heavy (non-hydrogen) atoms. The Bertz CT molecular complexity index is 1010. The zero-order valence-corrected chi connectivity index (χ0v) is 21.4. The normalized spacial score (nSPS) is 23.0. The van der Waals surface area contributed by atoms with Gasteiger partial charge in [-0.1, -0.05) is 30.3 Å². The largest absolute Gasteiger partial charge is 0.346 e. The van der Waals surface area contributed by atoms with Gasteiger partial charge in [0.1, 0.15) is 6.33 Å². The van der Waals surface area contributed by atoms with E-state index < -0.39 is 0 Å². The summed E-state index contributed by atoms with van der Waals surface area (Å²) in [6, 6.07) is 11.3. The highest BCUT2D eigenvalue weighted by molar-refractivity contribution is 5.90. The fourth-order valence-corrected chi connectivity index (χ4v) is 6.11. The highest BCUT2D eigenvalue weighted by Gasteiger charge is 2.34. The van der Waals surface area contributed by atoms with Crippen molar-refractivity contribution in [3.8, 4) is 0 Å². The predicted molar refractivity (Wildman–Crippen MR) is 137 cm³/mol. The molecule has 3 saturated heterocycles. The summed E-state index contributed by atoms with van der Waals surface area (Å²) in [6.07, 6.45) is 7.50. The zero-order valence-electron chi connectivity index (χ0n) is 21.4. The van der Waals surface area contributed by atoms with Crippen LogP contribution >= 0.6 is 0 Å². The monoisotopic (exact) mass is 493 g/mol. The molecule has 3 fully saturated rings. The van der Waals surface area contributed by atoms with Crippen LogP contribution in [-0.2, 0) is 18.4 Å². The molecule has 3 aliphatic heterocycles. The number of aromatic nitrogens is 3. The molecule has 5 rings (SSSR count). The minimum atomic E-state index is -0.148. The van der Waals surface area contributed by atoms with Gasteiger partial charge in [0.25, 0.3) is 5.91 Å². The number of piperidine rings is 3. The van der Waals surface area contributed by atoms with E-state index in [1.54, 1.807) is 7.05 Å². The Morgan fingerprint density at radius 2 is 1.72 bits per heavy atom. The number of benzene rings is 1. The van der Waals surface area contributed by atoms with Crippen molar-refractivity contribution >= 4 is 11.8 Å². The van der Waals surface area contributed by atoms with Crippen LogP contribution in [0.2, 0.25) is 0 Å². The van der Waals surface area contributed by atoms with E-state index >= 15 is 0 Å². The molecule has 0 aliphatic carbocycles. The SMILES string of the molecule is Cn1ncnc1C(=O)NC1CCN(C2CCN(C(=O)C3CCCN(Cc4ccccc4)C3)CC2)CC1. The Hall–Kier alpha value is -2.78. The molecule has 0 saturated carbocycles. The second-order valence-corrected chi connectivity index (χ2v) is 10.6. The van der Waals surface area contributed by atoms with Crippen LogP contribution < -0.4 is 5.32 Å². The van der Waals surface area contributed by atoms with Gasteiger partial charge in [-0.2, -0.15) is 5.10 Å². The zero-order chi connectivity index (χ0) is 24.9. The molecule has 1 unspecified atom stereocenters. The van der Waals surface area contributed by atoms with Crippen LogP contribution in [0.15, 0.2) is 36.7 Å². The molecule has 9 nitrogen and oxygen atoms in total. The summed E-state index contributed by atoms with van der Waals surface area (Å²) >= 11 is 0. The van der Waals surface area contributed by atoms with Gasteiger partial charge in [-0.25, -0.2) is 9.67 Å². The molecule has 4 heterocycles. The van der Waals surface area contributed by atoms with E-state index in [0.29, 0.717) is 17.8 Å². The van der Waals surface area contributed by atoms with Crippen LogP contribution in [0.25, 0.3) is 0 Å². The molecule has 2 amide bonds. The van der Waals surface area contributed by atoms with Crippen molar-refractivity contribution < 1.29 is 9.59 Å². The third-order valence-corrected chi connectivity index (χ3v) is 8.18. The van der Waals surface area contributed by atoms with Crippen molar-refractivity contribution in [1.29, 1.82) is 0 Å². The first-order chi connectivity index (χ1) is 17.6. The Labute approximate surface area is 213 Å². The van der Waals surface area contributed by atoms with Crippen LogP contribution in [0.3, 0.4) is 0 Å². The molecule has 194 valence electrons. The summed E-state index contributed by atoms with van der Waals surface area (Å²) in [5, 5.41) is 7.10. The van der Waals surface area contributed by atoms with Crippen molar-refractivity contribution in [2.24, 2.45) is 13.0 Å². The van der Waals surface area contributed by atoms with Crippen LogP contribution in [0, 0.1) is 5.92 Å². The van der Waals surface area contributed by atoms with Crippen molar-refractivity contribution in [2.75, 3.05) is 39.3 Å². The number of likely N-dealkylation sites (tertiary alicyclic amines) is 3. The first-order valence-electron chi connectivity index (χ1n) is 13.5. The van der Waals surface area contributed by atoms with Crippen molar-refractivity contribution in [3.05, 3.63) is 48.0 Å². The molecule has 2 aromatic rings. The third kappa shape index (κ3) is 5.95. The van der Waals surface area contributed by atoms with Gasteiger partial charge in [-0.05, 0) is 50.6 Å². The first kappa shape index (κ1) is 24.9. The van der Waals surface area contributed by atoms with Crippen LogP contribution in [0.4, 0.5) is 0 Å². The molecule has 0 spiro atoms. The first-order valence-corrected chi connectivity index (χ1v) is 13.5. The van der Waals surface area contributed by atoms with E-state index in [1.165, 1.54) is 16.6 Å². The lowest BCUT2D eigenvalue weighted by atomic mass is 9.93. The molecule has 0 bridgehead atoms. The summed E-state index contributed by atoms with van der Waals surface area (Å²) in [4.78, 5) is 36.9. The fourth-order valence-electron chi connectivity index (χ4n) is 6.11. The van der Waals surface area contributed by atoms with Crippen LogP contribution in [-0.4, -0.2) is 92.6 Å². The van der Waals surface area contributed by atoms with E-state index in [4.69, 9.17) is 0 Å². The van der Waals surface area contributed by atoms with Crippen LogP contribution in [0.1, 0.15) is 54.7 Å². The van der Waals surface area contributed by atoms with Crippen molar-refractivity contribution in [3.63, 3.8) is 0 Å². The van der Waals surface area contributed by atoms with Gasteiger partial charge < -0.3 is 15.1 Å². The summed E-state index contributed by atoms with van der Waals surface area (Å²) in [5.74, 6) is 0.699. The number of carbonyl (C=O) groups excluding carboxylic acids is 2. The highest BCUT2D eigenvalue weighted by Crippen LogP contribution is 2.25. The Balaban J connectivity index is 1.04. The molecular weight excluding hydrogens is 454 g/mol. The summed E-state index contributed by atoms with van der Waals surface area (Å²) in [5.41, 5.74) is 1.32. The number of nitrogens with one attached hydrogen (secondary N) is 1. The topological polar surface area (TPSA) is 86.6 Å². The molecule has 1 atom stereocenters. The van der Waals surface area contributed by atoms with Gasteiger partial charge in [0.05, 0.1) is 5.92 Å².